The average molecular weight is 302 g/mol. The van der Waals surface area contributed by atoms with Gasteiger partial charge in [-0.05, 0) is 31.9 Å². The number of hydrogen-bond acceptors (Lipinski definition) is 5. The highest BCUT2D eigenvalue weighted by atomic mass is 19.1. The molecule has 5 nitrogen and oxygen atoms in total. The van der Waals surface area contributed by atoms with Gasteiger partial charge in [-0.25, -0.2) is 9.37 Å². The van der Waals surface area contributed by atoms with Crippen molar-refractivity contribution in [2.45, 2.75) is 19.8 Å². The molecule has 1 aliphatic rings. The van der Waals surface area contributed by atoms with Crippen LogP contribution in [-0.2, 0) is 0 Å². The highest BCUT2D eigenvalue weighted by Crippen LogP contribution is 2.25. The van der Waals surface area contributed by atoms with Crippen molar-refractivity contribution in [2.75, 3.05) is 30.4 Å². The maximum Gasteiger partial charge on any atom is 0.229 e. The highest BCUT2D eigenvalue weighted by Gasteiger charge is 2.15. The fourth-order valence-corrected chi connectivity index (χ4v) is 2.58. The van der Waals surface area contributed by atoms with Gasteiger partial charge in [0.1, 0.15) is 5.82 Å². The van der Waals surface area contributed by atoms with Crippen molar-refractivity contribution in [2.24, 2.45) is 0 Å². The van der Waals surface area contributed by atoms with E-state index in [9.17, 15) is 4.39 Å². The number of rotatable bonds is 4. The predicted molar refractivity (Wildman–Crippen MR) is 84.5 cm³/mol. The van der Waals surface area contributed by atoms with Crippen LogP contribution >= 0.6 is 0 Å². The molecule has 2 aromatic rings. The van der Waals surface area contributed by atoms with Crippen molar-refractivity contribution < 1.29 is 9.13 Å². The number of ether oxygens (including phenoxy) is 1. The molecule has 3 rings (SSSR count). The van der Waals surface area contributed by atoms with E-state index in [1.807, 2.05) is 13.0 Å². The predicted octanol–water partition coefficient (Wildman–Crippen LogP) is 3.28. The lowest BCUT2D eigenvalue weighted by Gasteiger charge is -2.17. The molecule has 0 bridgehead atoms. The quantitative estimate of drug-likeness (QED) is 0.939. The summed E-state index contributed by atoms with van der Waals surface area (Å²) >= 11 is 0. The second-order valence-corrected chi connectivity index (χ2v) is 5.36. The number of nitrogens with zero attached hydrogens (tertiary/aromatic N) is 3. The van der Waals surface area contributed by atoms with Gasteiger partial charge in [0, 0.05) is 36.6 Å². The zero-order valence-electron chi connectivity index (χ0n) is 12.8. The molecule has 0 amide bonds. The lowest BCUT2D eigenvalue weighted by Crippen LogP contribution is -2.19. The summed E-state index contributed by atoms with van der Waals surface area (Å²) in [6.07, 6.45) is 2.39. The van der Waals surface area contributed by atoms with Crippen LogP contribution in [0.1, 0.15) is 18.5 Å². The van der Waals surface area contributed by atoms with Gasteiger partial charge in [-0.1, -0.05) is 0 Å². The smallest absolute Gasteiger partial charge is 0.229 e. The van der Waals surface area contributed by atoms with E-state index in [0.29, 0.717) is 11.6 Å². The van der Waals surface area contributed by atoms with Crippen molar-refractivity contribution in [3.05, 3.63) is 35.8 Å². The molecular weight excluding hydrogens is 283 g/mol. The van der Waals surface area contributed by atoms with E-state index in [4.69, 9.17) is 4.74 Å². The summed E-state index contributed by atoms with van der Waals surface area (Å²) in [6.45, 7) is 4.00. The van der Waals surface area contributed by atoms with Crippen molar-refractivity contribution in [1.82, 2.24) is 9.97 Å². The van der Waals surface area contributed by atoms with Crippen LogP contribution in [0.5, 0.6) is 5.75 Å². The Morgan fingerprint density at radius 3 is 2.68 bits per heavy atom. The molecule has 2 heterocycles. The first-order valence-corrected chi connectivity index (χ1v) is 7.37. The van der Waals surface area contributed by atoms with Crippen molar-refractivity contribution >= 4 is 17.5 Å². The number of anilines is 3. The van der Waals surface area contributed by atoms with E-state index in [1.165, 1.54) is 26.0 Å². The third-order valence-electron chi connectivity index (χ3n) is 3.68. The molecule has 0 saturated carbocycles. The fraction of sp³-hybridized carbons (Fsp3) is 0.375. The minimum atomic E-state index is -0.393. The monoisotopic (exact) mass is 302 g/mol. The van der Waals surface area contributed by atoms with Crippen LogP contribution in [0.3, 0.4) is 0 Å². The minimum absolute atomic E-state index is 0.192. The third kappa shape index (κ3) is 3.10. The van der Waals surface area contributed by atoms with Crippen LogP contribution < -0.4 is 15.0 Å². The zero-order valence-corrected chi connectivity index (χ0v) is 12.8. The van der Waals surface area contributed by atoms with Crippen LogP contribution in [0, 0.1) is 12.7 Å². The number of nitrogens with one attached hydrogen (secondary N) is 1. The molecule has 0 atom stereocenters. The fourth-order valence-electron chi connectivity index (χ4n) is 2.58. The van der Waals surface area contributed by atoms with Crippen LogP contribution in [0.15, 0.2) is 24.3 Å². The molecule has 1 aromatic carbocycles. The Morgan fingerprint density at radius 2 is 1.95 bits per heavy atom. The van der Waals surface area contributed by atoms with Crippen LogP contribution in [0.4, 0.5) is 21.8 Å². The Balaban J connectivity index is 1.85. The van der Waals surface area contributed by atoms with Crippen molar-refractivity contribution in [3.63, 3.8) is 0 Å². The van der Waals surface area contributed by atoms with Crippen molar-refractivity contribution in [3.8, 4) is 5.75 Å². The van der Waals surface area contributed by atoms with Gasteiger partial charge in [0.15, 0.2) is 11.6 Å². The molecule has 1 fully saturated rings. The molecule has 0 aliphatic carbocycles. The van der Waals surface area contributed by atoms with Crippen LogP contribution in [-0.4, -0.2) is 30.2 Å². The number of aryl methyl sites for hydroxylation is 1. The van der Waals surface area contributed by atoms with Gasteiger partial charge in [0.25, 0.3) is 0 Å². The molecule has 116 valence electrons. The van der Waals surface area contributed by atoms with E-state index >= 15 is 0 Å². The van der Waals surface area contributed by atoms with Gasteiger partial charge in [-0.15, -0.1) is 0 Å². The molecule has 1 aromatic heterocycles. The summed E-state index contributed by atoms with van der Waals surface area (Å²) in [6, 6.07) is 6.58. The summed E-state index contributed by atoms with van der Waals surface area (Å²) in [5, 5.41) is 3.11. The molecule has 22 heavy (non-hydrogen) atoms. The average Bonchev–Trinajstić information content (AvgIpc) is 3.03. The number of hydrogen-bond donors (Lipinski definition) is 1. The Hall–Kier alpha value is -2.37. The summed E-state index contributed by atoms with van der Waals surface area (Å²) in [5.74, 6) is 1.24. The van der Waals surface area contributed by atoms with Crippen LogP contribution in [0.2, 0.25) is 0 Å². The molecule has 0 spiro atoms. The lowest BCUT2D eigenvalue weighted by atomic mass is 10.3. The maximum atomic E-state index is 13.5. The van der Waals surface area contributed by atoms with Crippen molar-refractivity contribution in [1.29, 1.82) is 0 Å². The SMILES string of the molecule is COc1cc(Nc2nc(C)cc(N3CCCC3)n2)ccc1F. The Bertz CT molecular complexity index is 671. The van der Waals surface area contributed by atoms with Gasteiger partial charge in [-0.3, -0.25) is 0 Å². The second-order valence-electron chi connectivity index (χ2n) is 5.36. The summed E-state index contributed by atoms with van der Waals surface area (Å²) in [5.41, 5.74) is 1.59. The Morgan fingerprint density at radius 1 is 1.18 bits per heavy atom. The number of halogens is 1. The molecule has 6 heteroatoms. The van der Waals surface area contributed by atoms with Gasteiger partial charge in [0.2, 0.25) is 5.95 Å². The summed E-state index contributed by atoms with van der Waals surface area (Å²) in [4.78, 5) is 11.2. The van der Waals surface area contributed by atoms with E-state index < -0.39 is 5.82 Å². The molecular formula is C16H19FN4O. The van der Waals surface area contributed by atoms with Gasteiger partial charge >= 0.3 is 0 Å². The molecule has 0 unspecified atom stereocenters. The van der Waals surface area contributed by atoms with E-state index in [-0.39, 0.29) is 5.75 Å². The number of aromatic nitrogens is 2. The molecule has 0 radical (unpaired) electrons. The summed E-state index contributed by atoms with van der Waals surface area (Å²) in [7, 11) is 1.44. The lowest BCUT2D eigenvalue weighted by molar-refractivity contribution is 0.387. The minimum Gasteiger partial charge on any atom is -0.494 e. The largest absolute Gasteiger partial charge is 0.494 e. The van der Waals surface area contributed by atoms with Gasteiger partial charge in [0.05, 0.1) is 7.11 Å². The zero-order chi connectivity index (χ0) is 15.5. The molecule has 1 N–H and O–H groups in total. The standard InChI is InChI=1S/C16H19FN4O/c1-11-9-15(21-7-3-4-8-21)20-16(18-11)19-12-5-6-13(17)14(10-12)22-2/h5-6,9-10H,3-4,7-8H2,1-2H3,(H,18,19,20). The Labute approximate surface area is 129 Å². The topological polar surface area (TPSA) is 50.3 Å². The highest BCUT2D eigenvalue weighted by molar-refractivity contribution is 5.58. The van der Waals surface area contributed by atoms with Gasteiger partial charge in [-0.2, -0.15) is 4.98 Å². The maximum absolute atomic E-state index is 13.5. The molecule has 1 aliphatic heterocycles. The second kappa shape index (κ2) is 6.17. The van der Waals surface area contributed by atoms with E-state index in [1.54, 1.807) is 12.1 Å². The molecule has 1 saturated heterocycles. The first-order valence-electron chi connectivity index (χ1n) is 7.37. The number of benzene rings is 1. The first-order chi connectivity index (χ1) is 10.7. The van der Waals surface area contributed by atoms with Gasteiger partial charge < -0.3 is 15.0 Å². The number of methoxy groups -OCH3 is 1. The van der Waals surface area contributed by atoms with E-state index in [0.717, 1.165) is 24.6 Å². The normalized spacial score (nSPS) is 14.2. The first kappa shape index (κ1) is 14.6. The third-order valence-corrected chi connectivity index (χ3v) is 3.68. The Kier molecular flexibility index (Phi) is 4.09. The summed E-state index contributed by atoms with van der Waals surface area (Å²) < 4.78 is 18.4. The van der Waals surface area contributed by atoms with Crippen LogP contribution in [0.25, 0.3) is 0 Å². The van der Waals surface area contributed by atoms with E-state index in [2.05, 4.69) is 20.2 Å².